The number of hydrogen-bond donors (Lipinski definition) is 1. The normalized spacial score (nSPS) is 12.6. The highest BCUT2D eigenvalue weighted by Gasteiger charge is 2.06. The second kappa shape index (κ2) is 6.12. The van der Waals surface area contributed by atoms with Gasteiger partial charge in [0.1, 0.15) is 0 Å². The molecular weight excluding hydrogens is 240 g/mol. The van der Waals surface area contributed by atoms with E-state index < -0.39 is 0 Å². The van der Waals surface area contributed by atoms with Crippen molar-refractivity contribution in [1.82, 2.24) is 10.3 Å². The van der Waals surface area contributed by atoms with Crippen molar-refractivity contribution in [3.05, 3.63) is 51.5 Å². The van der Waals surface area contributed by atoms with Crippen LogP contribution in [0.3, 0.4) is 0 Å². The van der Waals surface area contributed by atoms with Gasteiger partial charge in [-0.2, -0.15) is 0 Å². The standard InChI is InChI=1S/C15H20N2S/c1-4-15-17-10-14(18-15)9-16-12(3)13-7-5-6-11(2)8-13/h5-8,10,12,16H,4,9H2,1-3H3/t12-/m0/s1. The molecule has 2 rings (SSSR count). The van der Waals surface area contributed by atoms with Crippen molar-refractivity contribution in [2.45, 2.75) is 39.8 Å². The first-order valence-electron chi connectivity index (χ1n) is 6.42. The monoisotopic (exact) mass is 260 g/mol. The number of nitrogens with zero attached hydrogens (tertiary/aromatic N) is 1. The molecule has 2 aromatic rings. The number of nitrogens with one attached hydrogen (secondary N) is 1. The molecule has 18 heavy (non-hydrogen) atoms. The maximum Gasteiger partial charge on any atom is 0.0925 e. The van der Waals surface area contributed by atoms with Crippen LogP contribution in [0.5, 0.6) is 0 Å². The molecule has 0 saturated heterocycles. The molecule has 96 valence electrons. The van der Waals surface area contributed by atoms with Crippen molar-refractivity contribution < 1.29 is 0 Å². The molecule has 0 aliphatic heterocycles. The summed E-state index contributed by atoms with van der Waals surface area (Å²) in [6.45, 7) is 7.38. The Bertz CT molecular complexity index is 505. The van der Waals surface area contributed by atoms with Crippen molar-refractivity contribution in [1.29, 1.82) is 0 Å². The minimum Gasteiger partial charge on any atom is -0.305 e. The summed E-state index contributed by atoms with van der Waals surface area (Å²) in [7, 11) is 0. The van der Waals surface area contributed by atoms with Crippen LogP contribution >= 0.6 is 11.3 Å². The van der Waals surface area contributed by atoms with Crippen molar-refractivity contribution >= 4 is 11.3 Å². The van der Waals surface area contributed by atoms with Gasteiger partial charge < -0.3 is 5.32 Å². The third-order valence-electron chi connectivity index (χ3n) is 3.03. The quantitative estimate of drug-likeness (QED) is 0.883. The summed E-state index contributed by atoms with van der Waals surface area (Å²) in [5, 5.41) is 4.77. The Morgan fingerprint density at radius 3 is 2.89 bits per heavy atom. The van der Waals surface area contributed by atoms with Crippen molar-refractivity contribution in [3.8, 4) is 0 Å². The van der Waals surface area contributed by atoms with E-state index in [2.05, 4.69) is 55.3 Å². The van der Waals surface area contributed by atoms with E-state index in [-0.39, 0.29) is 0 Å². The Kier molecular flexibility index (Phi) is 4.50. The zero-order valence-corrected chi connectivity index (χ0v) is 12.1. The van der Waals surface area contributed by atoms with Crippen LogP contribution in [0.2, 0.25) is 0 Å². The van der Waals surface area contributed by atoms with Gasteiger partial charge in [-0.15, -0.1) is 11.3 Å². The molecule has 0 unspecified atom stereocenters. The second-order valence-electron chi connectivity index (χ2n) is 4.59. The van der Waals surface area contributed by atoms with Crippen LogP contribution in [0.25, 0.3) is 0 Å². The Morgan fingerprint density at radius 1 is 1.39 bits per heavy atom. The van der Waals surface area contributed by atoms with Gasteiger partial charge >= 0.3 is 0 Å². The lowest BCUT2D eigenvalue weighted by Gasteiger charge is -2.13. The highest BCUT2D eigenvalue weighted by atomic mass is 32.1. The summed E-state index contributed by atoms with van der Waals surface area (Å²) >= 11 is 1.80. The maximum absolute atomic E-state index is 4.38. The molecule has 2 nitrogen and oxygen atoms in total. The Hall–Kier alpha value is -1.19. The van der Waals surface area contributed by atoms with Crippen LogP contribution in [0.15, 0.2) is 30.5 Å². The molecule has 1 atom stereocenters. The van der Waals surface area contributed by atoms with Crippen LogP contribution in [-0.2, 0) is 13.0 Å². The molecule has 0 fully saturated rings. The van der Waals surface area contributed by atoms with Gasteiger partial charge in [0.15, 0.2) is 0 Å². The van der Waals surface area contributed by atoms with Gasteiger partial charge in [0.25, 0.3) is 0 Å². The molecule has 0 saturated carbocycles. The smallest absolute Gasteiger partial charge is 0.0925 e. The molecule has 1 heterocycles. The average molecular weight is 260 g/mol. The van der Waals surface area contributed by atoms with Crippen LogP contribution < -0.4 is 5.32 Å². The highest BCUT2D eigenvalue weighted by Crippen LogP contribution is 2.17. The van der Waals surface area contributed by atoms with Gasteiger partial charge in [0, 0.05) is 23.7 Å². The zero-order valence-electron chi connectivity index (χ0n) is 11.2. The lowest BCUT2D eigenvalue weighted by atomic mass is 10.1. The summed E-state index contributed by atoms with van der Waals surface area (Å²) in [5.74, 6) is 0. The molecule has 3 heteroatoms. The van der Waals surface area contributed by atoms with Gasteiger partial charge in [0.2, 0.25) is 0 Å². The fraction of sp³-hybridized carbons (Fsp3) is 0.400. The molecule has 0 aliphatic rings. The number of rotatable bonds is 5. The number of thiazole rings is 1. The molecule has 1 aromatic heterocycles. The predicted molar refractivity (Wildman–Crippen MR) is 77.9 cm³/mol. The SMILES string of the molecule is CCc1ncc(CN[C@@H](C)c2cccc(C)c2)s1. The van der Waals surface area contributed by atoms with Crippen LogP contribution in [0.1, 0.15) is 40.9 Å². The average Bonchev–Trinajstić information content (AvgIpc) is 2.84. The van der Waals surface area contributed by atoms with E-state index in [1.54, 1.807) is 11.3 Å². The van der Waals surface area contributed by atoms with E-state index in [1.807, 2.05) is 6.20 Å². The van der Waals surface area contributed by atoms with Crippen molar-refractivity contribution in [2.75, 3.05) is 0 Å². The van der Waals surface area contributed by atoms with E-state index >= 15 is 0 Å². The van der Waals surface area contributed by atoms with Gasteiger partial charge in [-0.05, 0) is 25.8 Å². The first kappa shape index (κ1) is 13.2. The lowest BCUT2D eigenvalue weighted by Crippen LogP contribution is -2.17. The lowest BCUT2D eigenvalue weighted by molar-refractivity contribution is 0.578. The van der Waals surface area contributed by atoms with E-state index in [9.17, 15) is 0 Å². The predicted octanol–water partition coefficient (Wildman–Crippen LogP) is 3.86. The number of hydrogen-bond acceptors (Lipinski definition) is 3. The zero-order chi connectivity index (χ0) is 13.0. The molecular formula is C15H20N2S. The molecule has 0 bridgehead atoms. The fourth-order valence-corrected chi connectivity index (χ4v) is 2.72. The first-order chi connectivity index (χ1) is 8.69. The molecule has 1 N–H and O–H groups in total. The highest BCUT2D eigenvalue weighted by molar-refractivity contribution is 7.11. The van der Waals surface area contributed by atoms with Crippen LogP contribution in [0.4, 0.5) is 0 Å². The van der Waals surface area contributed by atoms with Gasteiger partial charge in [-0.3, -0.25) is 0 Å². The van der Waals surface area contributed by atoms with Crippen molar-refractivity contribution in [3.63, 3.8) is 0 Å². The van der Waals surface area contributed by atoms with E-state index in [4.69, 9.17) is 0 Å². The Labute approximate surface area is 113 Å². The minimum absolute atomic E-state index is 0.372. The molecule has 1 aromatic carbocycles. The topological polar surface area (TPSA) is 24.9 Å². The number of benzene rings is 1. The molecule has 0 amide bonds. The summed E-state index contributed by atoms with van der Waals surface area (Å²) in [4.78, 5) is 5.69. The summed E-state index contributed by atoms with van der Waals surface area (Å²) in [5.41, 5.74) is 2.66. The van der Waals surface area contributed by atoms with Crippen LogP contribution in [-0.4, -0.2) is 4.98 Å². The van der Waals surface area contributed by atoms with Gasteiger partial charge in [-0.1, -0.05) is 36.8 Å². The third kappa shape index (κ3) is 3.40. The van der Waals surface area contributed by atoms with E-state index in [1.165, 1.54) is 21.0 Å². The van der Waals surface area contributed by atoms with Crippen molar-refractivity contribution in [2.24, 2.45) is 0 Å². The summed E-state index contributed by atoms with van der Waals surface area (Å²) in [6, 6.07) is 9.03. The molecule has 0 spiro atoms. The fourth-order valence-electron chi connectivity index (χ4n) is 1.90. The van der Waals surface area contributed by atoms with E-state index in [0.29, 0.717) is 6.04 Å². The second-order valence-corrected chi connectivity index (χ2v) is 5.79. The number of aryl methyl sites for hydroxylation is 2. The molecule has 0 aliphatic carbocycles. The van der Waals surface area contributed by atoms with Gasteiger partial charge in [-0.25, -0.2) is 4.98 Å². The largest absolute Gasteiger partial charge is 0.305 e. The van der Waals surface area contributed by atoms with Crippen LogP contribution in [0, 0.1) is 6.92 Å². The summed E-state index contributed by atoms with van der Waals surface area (Å²) in [6.07, 6.45) is 3.01. The summed E-state index contributed by atoms with van der Waals surface area (Å²) < 4.78 is 0. The maximum atomic E-state index is 4.38. The first-order valence-corrected chi connectivity index (χ1v) is 7.24. The Morgan fingerprint density at radius 2 is 2.22 bits per heavy atom. The number of aromatic nitrogens is 1. The third-order valence-corrected chi connectivity index (χ3v) is 4.17. The van der Waals surface area contributed by atoms with Gasteiger partial charge in [0.05, 0.1) is 5.01 Å². The molecule has 0 radical (unpaired) electrons. The van der Waals surface area contributed by atoms with E-state index in [0.717, 1.165) is 13.0 Å². The Balaban J connectivity index is 1.93. The minimum atomic E-state index is 0.372.